The zero-order chi connectivity index (χ0) is 14.9. The number of halogens is 1. The Bertz CT molecular complexity index is 551. The van der Waals surface area contributed by atoms with Crippen molar-refractivity contribution in [1.29, 1.82) is 0 Å². The summed E-state index contributed by atoms with van der Waals surface area (Å²) in [5.41, 5.74) is 1.18. The monoisotopic (exact) mass is 340 g/mol. The van der Waals surface area contributed by atoms with Gasteiger partial charge in [0, 0.05) is 19.1 Å². The molecule has 2 fully saturated rings. The average molecular weight is 341 g/mol. The molecular formula is C17H25ClN2O3. The van der Waals surface area contributed by atoms with Crippen molar-refractivity contribution in [1.82, 2.24) is 10.2 Å². The molecule has 1 saturated heterocycles. The zero-order valence-electron chi connectivity index (χ0n) is 13.5. The predicted octanol–water partition coefficient (Wildman–Crippen LogP) is 2.42. The molecule has 1 unspecified atom stereocenters. The largest absolute Gasteiger partial charge is 0.493 e. The van der Waals surface area contributed by atoms with E-state index in [1.165, 1.54) is 37.9 Å². The Morgan fingerprint density at radius 3 is 2.91 bits per heavy atom. The van der Waals surface area contributed by atoms with Gasteiger partial charge in [0.2, 0.25) is 12.5 Å². The number of hydrogen-bond acceptors (Lipinski definition) is 5. The summed E-state index contributed by atoms with van der Waals surface area (Å²) in [6, 6.07) is 4.98. The van der Waals surface area contributed by atoms with Crippen LogP contribution in [0.1, 0.15) is 24.8 Å². The van der Waals surface area contributed by atoms with E-state index < -0.39 is 0 Å². The molecule has 128 valence electrons. The van der Waals surface area contributed by atoms with Gasteiger partial charge in [-0.05, 0) is 56.0 Å². The fraction of sp³-hybridized carbons (Fsp3) is 0.647. The first-order valence-corrected chi connectivity index (χ1v) is 8.25. The van der Waals surface area contributed by atoms with Crippen LogP contribution in [-0.2, 0) is 6.54 Å². The van der Waals surface area contributed by atoms with Crippen LogP contribution in [0.2, 0.25) is 0 Å². The Morgan fingerprint density at radius 2 is 2.13 bits per heavy atom. The van der Waals surface area contributed by atoms with Gasteiger partial charge in [-0.2, -0.15) is 0 Å². The van der Waals surface area contributed by atoms with Gasteiger partial charge in [-0.3, -0.25) is 0 Å². The molecule has 1 aromatic rings. The van der Waals surface area contributed by atoms with Crippen LogP contribution >= 0.6 is 12.4 Å². The predicted molar refractivity (Wildman–Crippen MR) is 90.8 cm³/mol. The SMILES string of the molecule is COc1cc(CNCC2CCN(C3CC3)C2)cc2c1OCO2.Cl. The standard InChI is InChI=1S/C17H24N2O3.ClH/c1-20-15-6-13(7-16-17(15)22-11-21-16)9-18-8-12-4-5-19(10-12)14-2-3-14;/h6-7,12,14,18H,2-5,8-11H2,1H3;1H. The molecule has 5 nitrogen and oxygen atoms in total. The van der Waals surface area contributed by atoms with Gasteiger partial charge in [0.1, 0.15) is 0 Å². The van der Waals surface area contributed by atoms with E-state index in [0.29, 0.717) is 0 Å². The summed E-state index contributed by atoms with van der Waals surface area (Å²) in [6.45, 7) is 4.76. The summed E-state index contributed by atoms with van der Waals surface area (Å²) in [5.74, 6) is 3.06. The summed E-state index contributed by atoms with van der Waals surface area (Å²) in [6.07, 6.45) is 4.15. The second-order valence-electron chi connectivity index (χ2n) is 6.54. The summed E-state index contributed by atoms with van der Waals surface area (Å²) < 4.78 is 16.3. The first-order valence-electron chi connectivity index (χ1n) is 8.25. The molecule has 1 N–H and O–H groups in total. The van der Waals surface area contributed by atoms with Gasteiger partial charge in [0.25, 0.3) is 0 Å². The topological polar surface area (TPSA) is 43.0 Å². The van der Waals surface area contributed by atoms with Gasteiger partial charge in [0.15, 0.2) is 11.5 Å². The second-order valence-corrected chi connectivity index (χ2v) is 6.54. The van der Waals surface area contributed by atoms with Gasteiger partial charge < -0.3 is 24.4 Å². The highest BCUT2D eigenvalue weighted by atomic mass is 35.5. The minimum atomic E-state index is 0. The van der Waals surface area contributed by atoms with Crippen LogP contribution < -0.4 is 19.5 Å². The molecule has 6 heteroatoms. The number of nitrogens with zero attached hydrogens (tertiary/aromatic N) is 1. The number of ether oxygens (including phenoxy) is 3. The molecule has 2 aliphatic heterocycles. The molecule has 1 atom stereocenters. The summed E-state index contributed by atoms with van der Waals surface area (Å²) in [5, 5.41) is 3.59. The molecular weight excluding hydrogens is 316 g/mol. The Labute approximate surface area is 143 Å². The van der Waals surface area contributed by atoms with Crippen molar-refractivity contribution in [3.8, 4) is 17.2 Å². The molecule has 23 heavy (non-hydrogen) atoms. The molecule has 0 aromatic heterocycles. The molecule has 0 spiro atoms. The first-order chi connectivity index (χ1) is 10.8. The first kappa shape index (κ1) is 16.7. The van der Waals surface area contributed by atoms with Crippen molar-refractivity contribution in [2.24, 2.45) is 5.92 Å². The molecule has 3 aliphatic rings. The maximum absolute atomic E-state index is 5.47. The van der Waals surface area contributed by atoms with Crippen LogP contribution in [0.15, 0.2) is 12.1 Å². The number of methoxy groups -OCH3 is 1. The van der Waals surface area contributed by atoms with Crippen molar-refractivity contribution in [3.63, 3.8) is 0 Å². The molecule has 0 amide bonds. The quantitative estimate of drug-likeness (QED) is 0.861. The van der Waals surface area contributed by atoms with Crippen LogP contribution in [-0.4, -0.2) is 44.5 Å². The smallest absolute Gasteiger partial charge is 0.231 e. The van der Waals surface area contributed by atoms with E-state index in [1.807, 2.05) is 12.1 Å². The number of benzene rings is 1. The number of nitrogens with one attached hydrogen (secondary N) is 1. The molecule has 1 aromatic carbocycles. The van der Waals surface area contributed by atoms with E-state index in [2.05, 4.69) is 10.2 Å². The van der Waals surface area contributed by atoms with E-state index in [4.69, 9.17) is 14.2 Å². The van der Waals surface area contributed by atoms with Crippen molar-refractivity contribution in [2.45, 2.75) is 31.8 Å². The van der Waals surface area contributed by atoms with Crippen molar-refractivity contribution in [2.75, 3.05) is 33.5 Å². The van der Waals surface area contributed by atoms with Crippen molar-refractivity contribution < 1.29 is 14.2 Å². The Hall–Kier alpha value is -1.17. The maximum atomic E-state index is 5.47. The number of rotatable bonds is 6. The lowest BCUT2D eigenvalue weighted by Crippen LogP contribution is -2.27. The van der Waals surface area contributed by atoms with E-state index in [1.54, 1.807) is 7.11 Å². The van der Waals surface area contributed by atoms with E-state index in [9.17, 15) is 0 Å². The summed E-state index contributed by atoms with van der Waals surface area (Å²) in [4.78, 5) is 2.66. The lowest BCUT2D eigenvalue weighted by Gasteiger charge is -2.15. The second kappa shape index (κ2) is 7.16. The summed E-state index contributed by atoms with van der Waals surface area (Å²) in [7, 11) is 1.67. The highest BCUT2D eigenvalue weighted by molar-refractivity contribution is 5.85. The lowest BCUT2D eigenvalue weighted by molar-refractivity contribution is 0.171. The molecule has 0 bridgehead atoms. The van der Waals surface area contributed by atoms with E-state index in [0.717, 1.165) is 42.3 Å². The minimum absolute atomic E-state index is 0. The number of fused-ring (bicyclic) bond motifs is 1. The fourth-order valence-corrected chi connectivity index (χ4v) is 3.51. The van der Waals surface area contributed by atoms with Crippen LogP contribution in [0, 0.1) is 5.92 Å². The third-order valence-corrected chi connectivity index (χ3v) is 4.86. The van der Waals surface area contributed by atoms with Crippen LogP contribution in [0.4, 0.5) is 0 Å². The molecule has 1 saturated carbocycles. The highest BCUT2D eigenvalue weighted by Gasteiger charge is 2.34. The average Bonchev–Trinajstić information content (AvgIpc) is 3.09. The summed E-state index contributed by atoms with van der Waals surface area (Å²) >= 11 is 0. The Kier molecular flexibility index (Phi) is 5.19. The van der Waals surface area contributed by atoms with Crippen molar-refractivity contribution >= 4 is 12.4 Å². The Balaban J connectivity index is 0.00000156. The van der Waals surface area contributed by atoms with Gasteiger partial charge in [-0.1, -0.05) is 0 Å². The van der Waals surface area contributed by atoms with Crippen LogP contribution in [0.25, 0.3) is 0 Å². The van der Waals surface area contributed by atoms with E-state index in [-0.39, 0.29) is 19.2 Å². The number of likely N-dealkylation sites (tertiary alicyclic amines) is 1. The molecule has 4 rings (SSSR count). The Morgan fingerprint density at radius 1 is 1.26 bits per heavy atom. The van der Waals surface area contributed by atoms with Crippen molar-refractivity contribution in [3.05, 3.63) is 17.7 Å². The highest BCUT2D eigenvalue weighted by Crippen LogP contribution is 2.41. The van der Waals surface area contributed by atoms with Crippen LogP contribution in [0.3, 0.4) is 0 Å². The maximum Gasteiger partial charge on any atom is 0.231 e. The van der Waals surface area contributed by atoms with Crippen LogP contribution in [0.5, 0.6) is 17.2 Å². The minimum Gasteiger partial charge on any atom is -0.493 e. The van der Waals surface area contributed by atoms with Gasteiger partial charge in [-0.25, -0.2) is 0 Å². The third kappa shape index (κ3) is 3.67. The van der Waals surface area contributed by atoms with Gasteiger partial charge in [-0.15, -0.1) is 12.4 Å². The number of hydrogen-bond donors (Lipinski definition) is 1. The van der Waals surface area contributed by atoms with E-state index >= 15 is 0 Å². The zero-order valence-corrected chi connectivity index (χ0v) is 14.4. The molecule has 1 aliphatic carbocycles. The fourth-order valence-electron chi connectivity index (χ4n) is 3.51. The lowest BCUT2D eigenvalue weighted by atomic mass is 10.1. The molecule has 2 heterocycles. The van der Waals surface area contributed by atoms with Gasteiger partial charge >= 0.3 is 0 Å². The third-order valence-electron chi connectivity index (χ3n) is 4.86. The molecule has 0 radical (unpaired) electrons. The normalized spacial score (nSPS) is 22.9. The van der Waals surface area contributed by atoms with Gasteiger partial charge in [0.05, 0.1) is 7.11 Å².